The van der Waals surface area contributed by atoms with E-state index in [-0.39, 0.29) is 47.7 Å². The number of ether oxygens (including phenoxy) is 2. The molecule has 8 heteroatoms. The number of carbonyl (C=O) groups is 2. The molecular weight excluding hydrogens is 562 g/mol. The van der Waals surface area contributed by atoms with Gasteiger partial charge >= 0.3 is 6.09 Å². The van der Waals surface area contributed by atoms with Crippen molar-refractivity contribution in [3.05, 3.63) is 45.7 Å². The predicted octanol–water partition coefficient (Wildman–Crippen LogP) is 6.33. The number of ketones is 1. The van der Waals surface area contributed by atoms with Gasteiger partial charge in [0, 0.05) is 47.0 Å². The summed E-state index contributed by atoms with van der Waals surface area (Å²) in [4.78, 5) is 31.2. The molecule has 0 aliphatic heterocycles. The fourth-order valence-electron chi connectivity index (χ4n) is 10.5. The predicted molar refractivity (Wildman–Crippen MR) is 167 cm³/mol. The van der Waals surface area contributed by atoms with Crippen LogP contribution < -0.4 is 0 Å². The molecule has 0 aromatic carbocycles. The van der Waals surface area contributed by atoms with Crippen molar-refractivity contribution in [3.8, 4) is 0 Å². The van der Waals surface area contributed by atoms with E-state index in [0.717, 1.165) is 47.4 Å². The summed E-state index contributed by atoms with van der Waals surface area (Å²) in [7, 11) is 1.65. The van der Waals surface area contributed by atoms with Gasteiger partial charge in [0.2, 0.25) is 0 Å². The summed E-state index contributed by atoms with van der Waals surface area (Å²) in [6.45, 7) is 9.91. The topological polar surface area (TPSA) is 96.3 Å². The molecule has 2 N–H and O–H groups in total. The normalized spacial score (nSPS) is 40.8. The van der Waals surface area contributed by atoms with Gasteiger partial charge in [-0.25, -0.2) is 4.79 Å². The summed E-state index contributed by atoms with van der Waals surface area (Å²) in [6, 6.07) is 3.97. The Hall–Kier alpha value is -2.00. The van der Waals surface area contributed by atoms with E-state index in [9.17, 15) is 19.8 Å². The molecule has 0 saturated heterocycles. The first-order valence-corrected chi connectivity index (χ1v) is 17.1. The van der Waals surface area contributed by atoms with Crippen LogP contribution in [0.2, 0.25) is 0 Å². The Bertz CT molecular complexity index is 1340. The second-order valence-electron chi connectivity index (χ2n) is 14.5. The van der Waals surface area contributed by atoms with Crippen molar-refractivity contribution in [2.75, 3.05) is 33.4 Å². The number of thiophene rings is 1. The van der Waals surface area contributed by atoms with E-state index in [0.29, 0.717) is 32.4 Å². The van der Waals surface area contributed by atoms with Crippen LogP contribution in [-0.4, -0.2) is 72.1 Å². The number of hydrogen-bond donors (Lipinski definition) is 2. The lowest BCUT2D eigenvalue weighted by molar-refractivity contribution is -0.175. The Morgan fingerprint density at radius 2 is 1.79 bits per heavy atom. The van der Waals surface area contributed by atoms with Crippen LogP contribution in [0.5, 0.6) is 0 Å². The zero-order valence-corrected chi connectivity index (χ0v) is 27.3. The number of carbonyl (C=O) groups excluding carboxylic acids is 2. The molecule has 1 aromatic rings. The number of fused-ring (bicyclic) bond motifs is 1. The van der Waals surface area contributed by atoms with Crippen LogP contribution in [0.4, 0.5) is 4.79 Å². The maximum Gasteiger partial charge on any atom is 0.409 e. The summed E-state index contributed by atoms with van der Waals surface area (Å²) in [5.41, 5.74) is -1.68. The molecule has 2 spiro atoms. The second-order valence-corrected chi connectivity index (χ2v) is 15.8. The second kappa shape index (κ2) is 10.8. The summed E-state index contributed by atoms with van der Waals surface area (Å²) in [6.07, 6.45) is 12.3. The van der Waals surface area contributed by atoms with E-state index in [1.807, 2.05) is 19.1 Å². The number of Topliss-reactive ketones (excluding diaryl/α,β-unsaturated/α-hetero) is 1. The highest BCUT2D eigenvalue weighted by Gasteiger charge is 2.74. The zero-order valence-electron chi connectivity index (χ0n) is 26.5. The number of aliphatic hydroxyl groups excluding tert-OH is 1. The molecule has 43 heavy (non-hydrogen) atoms. The van der Waals surface area contributed by atoms with Crippen LogP contribution >= 0.6 is 11.3 Å². The quantitative estimate of drug-likeness (QED) is 0.193. The van der Waals surface area contributed by atoms with E-state index in [1.165, 1.54) is 0 Å². The van der Waals surface area contributed by atoms with Gasteiger partial charge in [-0.3, -0.25) is 4.79 Å². The molecule has 236 valence electrons. The van der Waals surface area contributed by atoms with Gasteiger partial charge in [-0.1, -0.05) is 32.1 Å². The first kappa shape index (κ1) is 31.0. The van der Waals surface area contributed by atoms with Gasteiger partial charge in [-0.15, -0.1) is 11.3 Å². The zero-order chi connectivity index (χ0) is 30.8. The van der Waals surface area contributed by atoms with Crippen molar-refractivity contribution >= 4 is 23.2 Å². The van der Waals surface area contributed by atoms with E-state index in [2.05, 4.69) is 32.1 Å². The Kier molecular flexibility index (Phi) is 7.80. The lowest BCUT2D eigenvalue weighted by Crippen LogP contribution is -2.67. The number of rotatable bonds is 9. The van der Waals surface area contributed by atoms with Crippen LogP contribution in [0.15, 0.2) is 35.9 Å². The monoisotopic (exact) mass is 611 g/mol. The smallest absolute Gasteiger partial charge is 0.409 e. The van der Waals surface area contributed by atoms with Crippen molar-refractivity contribution < 1.29 is 29.3 Å². The van der Waals surface area contributed by atoms with Crippen LogP contribution in [-0.2, 0) is 9.47 Å². The highest BCUT2D eigenvalue weighted by Crippen LogP contribution is 2.78. The molecule has 1 heterocycles. The summed E-state index contributed by atoms with van der Waals surface area (Å²) >= 11 is 1.55. The average Bonchev–Trinajstić information content (AvgIpc) is 3.52. The van der Waals surface area contributed by atoms with Crippen molar-refractivity contribution in [2.24, 2.45) is 33.5 Å². The molecule has 6 aliphatic rings. The summed E-state index contributed by atoms with van der Waals surface area (Å²) in [5.74, 6) is 0.383. The van der Waals surface area contributed by atoms with Crippen LogP contribution in [0, 0.1) is 40.4 Å². The fraction of sp³-hybridized carbons (Fsp3) is 0.714. The minimum atomic E-state index is -1.12. The third-order valence-corrected chi connectivity index (χ3v) is 13.7. The van der Waals surface area contributed by atoms with Crippen LogP contribution in [0.3, 0.4) is 0 Å². The molecular formula is C35H49NO6S. The van der Waals surface area contributed by atoms with Gasteiger partial charge in [-0.2, -0.15) is 0 Å². The number of amides is 1. The highest BCUT2D eigenvalue weighted by molar-refractivity contribution is 7.14. The molecule has 1 amide bonds. The lowest BCUT2D eigenvalue weighted by atomic mass is 9.32. The largest absolute Gasteiger partial charge is 0.450 e. The number of aryl methyl sites for hydroxylation is 1. The molecule has 8 unspecified atom stereocenters. The molecule has 8 atom stereocenters. The lowest BCUT2D eigenvalue weighted by Gasteiger charge is -2.71. The third-order valence-electron chi connectivity index (χ3n) is 12.7. The van der Waals surface area contributed by atoms with Gasteiger partial charge in [0.25, 0.3) is 0 Å². The van der Waals surface area contributed by atoms with E-state index < -0.39 is 22.5 Å². The van der Waals surface area contributed by atoms with Gasteiger partial charge in [-0.05, 0) is 94.6 Å². The van der Waals surface area contributed by atoms with E-state index in [4.69, 9.17) is 9.47 Å². The third kappa shape index (κ3) is 4.37. The van der Waals surface area contributed by atoms with Crippen LogP contribution in [0.25, 0.3) is 0 Å². The SMILES string of the molecule is CCOC(=O)N(CCCOC)CC1(O)CCC2C34C=CC5(C=C3C(=O)c3ccc(C)s3)CC(O)CCC5(C)C4CCC21C. The fourth-order valence-corrected chi connectivity index (χ4v) is 11.3. The van der Waals surface area contributed by atoms with Gasteiger partial charge < -0.3 is 24.6 Å². The van der Waals surface area contributed by atoms with Gasteiger partial charge in [0.05, 0.1) is 29.7 Å². The van der Waals surface area contributed by atoms with Crippen molar-refractivity contribution in [1.29, 1.82) is 0 Å². The van der Waals surface area contributed by atoms with Crippen molar-refractivity contribution in [2.45, 2.75) is 90.8 Å². The van der Waals surface area contributed by atoms with Crippen LogP contribution in [0.1, 0.15) is 86.7 Å². The Labute approximate surface area is 260 Å². The minimum absolute atomic E-state index is 0.0428. The number of methoxy groups -OCH3 is 1. The number of nitrogens with zero attached hydrogens (tertiary/aromatic N) is 1. The highest BCUT2D eigenvalue weighted by atomic mass is 32.1. The van der Waals surface area contributed by atoms with E-state index >= 15 is 0 Å². The molecule has 6 aliphatic carbocycles. The van der Waals surface area contributed by atoms with Crippen molar-refractivity contribution in [3.63, 3.8) is 0 Å². The van der Waals surface area contributed by atoms with Crippen molar-refractivity contribution in [1.82, 2.24) is 4.90 Å². The van der Waals surface area contributed by atoms with Gasteiger partial charge in [0.1, 0.15) is 0 Å². The Balaban J connectivity index is 1.43. The maximum atomic E-state index is 14.6. The molecule has 0 radical (unpaired) electrons. The molecule has 3 fully saturated rings. The molecule has 2 bridgehead atoms. The molecule has 1 aromatic heterocycles. The number of hydrogen-bond acceptors (Lipinski definition) is 7. The standard InChI is InChI=1S/C35H49NO6S/c1-6-42-30(39)36(18-7-19-41-5)22-34(40)15-12-28-32(34,4)14-11-27-31(3)13-10-24(37)20-33(31)16-17-35(27,28)25(21-33)29(38)26-9-8-23(2)43-26/h8-9,16-17,21,24,27-28,37,40H,6-7,10-15,18-20,22H2,1-5H3. The number of allylic oxidation sites excluding steroid dienone is 4. The minimum Gasteiger partial charge on any atom is -0.450 e. The number of aliphatic hydroxyl groups is 2. The Morgan fingerprint density at radius 3 is 2.49 bits per heavy atom. The van der Waals surface area contributed by atoms with E-state index in [1.54, 1.807) is 30.3 Å². The molecule has 7 nitrogen and oxygen atoms in total. The first-order valence-electron chi connectivity index (χ1n) is 16.3. The summed E-state index contributed by atoms with van der Waals surface area (Å²) < 4.78 is 10.7. The molecule has 7 rings (SSSR count). The van der Waals surface area contributed by atoms with Gasteiger partial charge in [0.15, 0.2) is 5.78 Å². The first-order chi connectivity index (χ1) is 20.4. The summed E-state index contributed by atoms with van der Waals surface area (Å²) in [5, 5.41) is 23.5. The molecule has 3 saturated carbocycles. The maximum absolute atomic E-state index is 14.6. The Morgan fingerprint density at radius 1 is 1.07 bits per heavy atom. The average molecular weight is 612 g/mol.